The Morgan fingerprint density at radius 3 is 2.83 bits per heavy atom. The van der Waals surface area contributed by atoms with Crippen molar-refractivity contribution < 1.29 is 13.6 Å². The minimum absolute atomic E-state index is 0.100. The number of benzene rings is 1. The molecule has 0 saturated heterocycles. The lowest BCUT2D eigenvalue weighted by Crippen LogP contribution is -2.22. The zero-order valence-electron chi connectivity index (χ0n) is 9.44. The van der Waals surface area contributed by atoms with E-state index in [1.54, 1.807) is 24.3 Å². The second-order valence-electron chi connectivity index (χ2n) is 3.53. The molecule has 1 N–H and O–H groups in total. The van der Waals surface area contributed by atoms with Gasteiger partial charge in [-0.3, -0.25) is 4.79 Å². The van der Waals surface area contributed by atoms with Gasteiger partial charge in [-0.05, 0) is 24.3 Å². The molecule has 2 aromatic rings. The molecule has 18 heavy (non-hydrogen) atoms. The molecule has 4 heteroatoms. The predicted molar refractivity (Wildman–Crippen MR) is 65.3 cm³/mol. The Bertz CT molecular complexity index is 610. The molecular formula is C14H10FNO2. The van der Waals surface area contributed by atoms with Gasteiger partial charge in [-0.15, -0.1) is 6.42 Å². The van der Waals surface area contributed by atoms with Crippen molar-refractivity contribution in [1.29, 1.82) is 0 Å². The molecule has 1 heterocycles. The van der Waals surface area contributed by atoms with Crippen LogP contribution in [0.5, 0.6) is 0 Å². The SMILES string of the molecule is C#CCNC(=O)c1ccc(-c2ccccc2F)o1. The molecule has 0 aliphatic rings. The number of terminal acetylenes is 1. The van der Waals surface area contributed by atoms with E-state index in [0.717, 1.165) is 0 Å². The third kappa shape index (κ3) is 2.41. The van der Waals surface area contributed by atoms with Crippen LogP contribution in [0.25, 0.3) is 11.3 Å². The summed E-state index contributed by atoms with van der Waals surface area (Å²) in [5, 5.41) is 2.47. The number of carbonyl (C=O) groups excluding carboxylic acids is 1. The Hall–Kier alpha value is -2.54. The molecule has 0 unspecified atom stereocenters. The van der Waals surface area contributed by atoms with Crippen molar-refractivity contribution in [3.63, 3.8) is 0 Å². The summed E-state index contributed by atoms with van der Waals surface area (Å²) in [7, 11) is 0. The van der Waals surface area contributed by atoms with Crippen molar-refractivity contribution in [2.75, 3.05) is 6.54 Å². The van der Waals surface area contributed by atoms with Gasteiger partial charge in [-0.2, -0.15) is 0 Å². The number of furan rings is 1. The minimum atomic E-state index is -0.421. The van der Waals surface area contributed by atoms with Gasteiger partial charge < -0.3 is 9.73 Å². The van der Waals surface area contributed by atoms with Gasteiger partial charge in [-0.1, -0.05) is 18.1 Å². The number of carbonyl (C=O) groups is 1. The van der Waals surface area contributed by atoms with Crippen molar-refractivity contribution in [3.05, 3.63) is 48.0 Å². The number of amides is 1. The summed E-state index contributed by atoms with van der Waals surface area (Å²) in [6.07, 6.45) is 5.03. The van der Waals surface area contributed by atoms with Crippen LogP contribution in [0.4, 0.5) is 4.39 Å². The molecule has 1 aromatic heterocycles. The van der Waals surface area contributed by atoms with Gasteiger partial charge in [0, 0.05) is 0 Å². The van der Waals surface area contributed by atoms with Crippen LogP contribution in [0.3, 0.4) is 0 Å². The molecule has 0 spiro atoms. The predicted octanol–water partition coefficient (Wildman–Crippen LogP) is 2.45. The van der Waals surface area contributed by atoms with Crippen LogP contribution in [0.1, 0.15) is 10.6 Å². The third-order valence-electron chi connectivity index (χ3n) is 2.32. The number of rotatable bonds is 3. The Labute approximate surface area is 104 Å². The number of hydrogen-bond donors (Lipinski definition) is 1. The topological polar surface area (TPSA) is 42.2 Å². The fraction of sp³-hybridized carbons (Fsp3) is 0.0714. The summed E-state index contributed by atoms with van der Waals surface area (Å²) >= 11 is 0. The lowest BCUT2D eigenvalue weighted by Gasteiger charge is -1.99. The number of halogens is 1. The van der Waals surface area contributed by atoms with Crippen molar-refractivity contribution in [2.45, 2.75) is 0 Å². The van der Waals surface area contributed by atoms with E-state index in [9.17, 15) is 9.18 Å². The average Bonchev–Trinajstić information content (AvgIpc) is 2.86. The van der Waals surface area contributed by atoms with Gasteiger partial charge >= 0.3 is 0 Å². The average molecular weight is 243 g/mol. The minimum Gasteiger partial charge on any atom is -0.451 e. The van der Waals surface area contributed by atoms with Gasteiger partial charge in [-0.25, -0.2) is 4.39 Å². The monoisotopic (exact) mass is 243 g/mol. The molecular weight excluding hydrogens is 233 g/mol. The van der Waals surface area contributed by atoms with Crippen LogP contribution in [0, 0.1) is 18.2 Å². The summed E-state index contributed by atoms with van der Waals surface area (Å²) in [5.74, 6) is 1.87. The van der Waals surface area contributed by atoms with Gasteiger partial charge in [0.05, 0.1) is 12.1 Å². The molecule has 1 aromatic carbocycles. The maximum absolute atomic E-state index is 13.5. The Kier molecular flexibility index (Phi) is 3.44. The van der Waals surface area contributed by atoms with Gasteiger partial charge in [0.15, 0.2) is 5.76 Å². The van der Waals surface area contributed by atoms with Crippen LogP contribution in [-0.2, 0) is 0 Å². The quantitative estimate of drug-likeness (QED) is 0.841. The van der Waals surface area contributed by atoms with Crippen LogP contribution in [0.15, 0.2) is 40.8 Å². The van der Waals surface area contributed by atoms with Gasteiger partial charge in [0.1, 0.15) is 11.6 Å². The summed E-state index contributed by atoms with van der Waals surface area (Å²) in [5.41, 5.74) is 0.313. The van der Waals surface area contributed by atoms with E-state index in [1.807, 2.05) is 0 Å². The first-order chi connectivity index (χ1) is 8.72. The molecule has 0 radical (unpaired) electrons. The van der Waals surface area contributed by atoms with E-state index in [0.29, 0.717) is 11.3 Å². The summed E-state index contributed by atoms with van der Waals surface area (Å²) in [6, 6.07) is 9.21. The van der Waals surface area contributed by atoms with Crippen molar-refractivity contribution in [3.8, 4) is 23.7 Å². The lowest BCUT2D eigenvalue weighted by atomic mass is 10.1. The molecule has 0 saturated carbocycles. The van der Waals surface area contributed by atoms with Gasteiger partial charge in [0.25, 0.3) is 5.91 Å². The van der Waals surface area contributed by atoms with Crippen LogP contribution in [0.2, 0.25) is 0 Å². The van der Waals surface area contributed by atoms with E-state index >= 15 is 0 Å². The fourth-order valence-electron chi connectivity index (χ4n) is 1.48. The standard InChI is InChI=1S/C14H10FNO2/c1-2-9-16-14(17)13-8-7-12(18-13)10-5-3-4-6-11(10)15/h1,3-8H,9H2,(H,16,17). The van der Waals surface area contributed by atoms with Crippen molar-refractivity contribution in [2.24, 2.45) is 0 Å². The van der Waals surface area contributed by atoms with Crippen molar-refractivity contribution in [1.82, 2.24) is 5.32 Å². The van der Waals surface area contributed by atoms with Crippen LogP contribution < -0.4 is 5.32 Å². The number of nitrogens with one attached hydrogen (secondary N) is 1. The maximum Gasteiger partial charge on any atom is 0.287 e. The highest BCUT2D eigenvalue weighted by Gasteiger charge is 2.13. The van der Waals surface area contributed by atoms with Crippen molar-refractivity contribution >= 4 is 5.91 Å². The van der Waals surface area contributed by atoms with E-state index < -0.39 is 11.7 Å². The van der Waals surface area contributed by atoms with Crippen LogP contribution >= 0.6 is 0 Å². The third-order valence-corrected chi connectivity index (χ3v) is 2.32. The first kappa shape index (κ1) is 11.9. The number of hydrogen-bond acceptors (Lipinski definition) is 2. The second kappa shape index (κ2) is 5.19. The lowest BCUT2D eigenvalue weighted by molar-refractivity contribution is 0.0932. The summed E-state index contributed by atoms with van der Waals surface area (Å²) in [6.45, 7) is 0.120. The zero-order valence-corrected chi connectivity index (χ0v) is 9.44. The fourth-order valence-corrected chi connectivity index (χ4v) is 1.48. The van der Waals surface area contributed by atoms with E-state index in [4.69, 9.17) is 10.8 Å². The molecule has 1 amide bonds. The second-order valence-corrected chi connectivity index (χ2v) is 3.53. The normalized spacial score (nSPS) is 9.78. The summed E-state index contributed by atoms with van der Waals surface area (Å²) in [4.78, 5) is 11.5. The summed E-state index contributed by atoms with van der Waals surface area (Å²) < 4.78 is 18.8. The Morgan fingerprint density at radius 2 is 2.11 bits per heavy atom. The molecule has 0 bridgehead atoms. The molecule has 0 aliphatic heterocycles. The molecule has 0 atom stereocenters. The van der Waals surface area contributed by atoms with E-state index in [-0.39, 0.29) is 12.3 Å². The Morgan fingerprint density at radius 1 is 1.33 bits per heavy atom. The zero-order chi connectivity index (χ0) is 13.0. The Balaban J connectivity index is 2.24. The first-order valence-electron chi connectivity index (χ1n) is 5.29. The highest BCUT2D eigenvalue weighted by atomic mass is 19.1. The largest absolute Gasteiger partial charge is 0.451 e. The molecule has 3 nitrogen and oxygen atoms in total. The molecule has 90 valence electrons. The first-order valence-corrected chi connectivity index (χ1v) is 5.29. The molecule has 0 aliphatic carbocycles. The van der Waals surface area contributed by atoms with E-state index in [1.165, 1.54) is 12.1 Å². The smallest absolute Gasteiger partial charge is 0.287 e. The van der Waals surface area contributed by atoms with Crippen LogP contribution in [-0.4, -0.2) is 12.5 Å². The maximum atomic E-state index is 13.5. The van der Waals surface area contributed by atoms with Gasteiger partial charge in [0.2, 0.25) is 0 Å². The van der Waals surface area contributed by atoms with E-state index in [2.05, 4.69) is 11.2 Å². The molecule has 2 rings (SSSR count). The highest BCUT2D eigenvalue weighted by molar-refractivity contribution is 5.92. The highest BCUT2D eigenvalue weighted by Crippen LogP contribution is 2.24. The molecule has 0 fully saturated rings.